The van der Waals surface area contributed by atoms with E-state index in [0.29, 0.717) is 6.54 Å². The number of piperazine rings is 1. The number of carbonyl (C=O) groups is 1. The van der Waals surface area contributed by atoms with E-state index in [2.05, 4.69) is 34.2 Å². The quantitative estimate of drug-likeness (QED) is 0.843. The van der Waals surface area contributed by atoms with Gasteiger partial charge < -0.3 is 10.2 Å². The lowest BCUT2D eigenvalue weighted by molar-refractivity contribution is 0.0921. The second kappa shape index (κ2) is 7.25. The number of nitrogens with one attached hydrogen (secondary N) is 1. The summed E-state index contributed by atoms with van der Waals surface area (Å²) < 4.78 is 0. The smallest absolute Gasteiger partial charge is 0.176 e. The van der Waals surface area contributed by atoms with Crippen LogP contribution in [-0.4, -0.2) is 56.5 Å². The van der Waals surface area contributed by atoms with Crippen LogP contribution in [0.1, 0.15) is 35.7 Å². The van der Waals surface area contributed by atoms with Crippen molar-refractivity contribution in [3.05, 3.63) is 29.3 Å². The molecule has 22 heavy (non-hydrogen) atoms. The Morgan fingerprint density at radius 1 is 1.23 bits per heavy atom. The normalized spacial score (nSPS) is 19.0. The molecule has 1 saturated heterocycles. The first kappa shape index (κ1) is 15.5. The zero-order valence-corrected chi connectivity index (χ0v) is 13.6. The van der Waals surface area contributed by atoms with Gasteiger partial charge in [0.1, 0.15) is 0 Å². The van der Waals surface area contributed by atoms with Gasteiger partial charge in [-0.05, 0) is 30.9 Å². The molecule has 4 heteroatoms. The fraction of sp³-hybridized carbons (Fsp3) is 0.611. The number of ketones is 1. The lowest BCUT2D eigenvalue weighted by Gasteiger charge is -2.31. The number of fused-ring (bicyclic) bond motifs is 1. The van der Waals surface area contributed by atoms with Crippen molar-refractivity contribution in [2.24, 2.45) is 0 Å². The summed E-state index contributed by atoms with van der Waals surface area (Å²) in [7, 11) is 0. The van der Waals surface area contributed by atoms with Crippen LogP contribution in [0.2, 0.25) is 0 Å². The molecule has 1 aromatic rings. The molecule has 1 N–H and O–H groups in total. The predicted molar refractivity (Wildman–Crippen MR) is 90.9 cm³/mol. The molecule has 1 aromatic carbocycles. The first-order valence-electron chi connectivity index (χ1n) is 8.62. The fourth-order valence-electron chi connectivity index (χ4n) is 3.49. The average Bonchev–Trinajstić information content (AvgIpc) is 2.56. The van der Waals surface area contributed by atoms with Crippen molar-refractivity contribution in [2.75, 3.05) is 50.7 Å². The van der Waals surface area contributed by atoms with Crippen LogP contribution in [0.3, 0.4) is 0 Å². The van der Waals surface area contributed by atoms with Crippen LogP contribution in [-0.2, 0) is 6.42 Å². The highest BCUT2D eigenvalue weighted by Gasteiger charge is 2.20. The number of hydrogen-bond donors (Lipinski definition) is 1. The van der Waals surface area contributed by atoms with Gasteiger partial charge in [-0.2, -0.15) is 0 Å². The van der Waals surface area contributed by atoms with Gasteiger partial charge in [0.25, 0.3) is 0 Å². The maximum absolute atomic E-state index is 12.6. The van der Waals surface area contributed by atoms with Crippen LogP contribution >= 0.6 is 0 Å². The molecule has 0 unspecified atom stereocenters. The second-order valence-corrected chi connectivity index (χ2v) is 6.38. The minimum absolute atomic E-state index is 0.256. The van der Waals surface area contributed by atoms with E-state index in [4.69, 9.17) is 0 Å². The van der Waals surface area contributed by atoms with E-state index in [1.54, 1.807) is 0 Å². The summed E-state index contributed by atoms with van der Waals surface area (Å²) >= 11 is 0. The van der Waals surface area contributed by atoms with E-state index in [1.165, 1.54) is 17.7 Å². The van der Waals surface area contributed by atoms with Crippen molar-refractivity contribution < 1.29 is 4.79 Å². The Labute approximate surface area is 133 Å². The highest BCUT2D eigenvalue weighted by atomic mass is 16.1. The van der Waals surface area contributed by atoms with Crippen molar-refractivity contribution in [1.29, 1.82) is 0 Å². The highest BCUT2D eigenvalue weighted by Crippen LogP contribution is 2.28. The van der Waals surface area contributed by atoms with Crippen LogP contribution in [0.25, 0.3) is 0 Å². The molecule has 2 aliphatic heterocycles. The molecule has 120 valence electrons. The molecule has 0 saturated carbocycles. The molecule has 0 spiro atoms. The van der Waals surface area contributed by atoms with Crippen LogP contribution in [0.4, 0.5) is 5.69 Å². The van der Waals surface area contributed by atoms with Gasteiger partial charge in [-0.15, -0.1) is 0 Å². The number of Topliss-reactive ketones (excluding diaryl/α,β-unsaturated/α-hetero) is 1. The third-order valence-corrected chi connectivity index (χ3v) is 4.69. The molecular weight excluding hydrogens is 274 g/mol. The molecule has 0 aromatic heterocycles. The monoisotopic (exact) mass is 301 g/mol. The number of anilines is 1. The molecule has 0 aliphatic carbocycles. The Bertz CT molecular complexity index is 523. The summed E-state index contributed by atoms with van der Waals surface area (Å²) in [5.74, 6) is 0.256. The van der Waals surface area contributed by atoms with Crippen LogP contribution in [0.5, 0.6) is 0 Å². The van der Waals surface area contributed by atoms with Gasteiger partial charge in [0.15, 0.2) is 5.78 Å². The maximum Gasteiger partial charge on any atom is 0.176 e. The van der Waals surface area contributed by atoms with Crippen molar-refractivity contribution in [1.82, 2.24) is 10.2 Å². The van der Waals surface area contributed by atoms with E-state index in [0.717, 1.165) is 57.7 Å². The summed E-state index contributed by atoms with van der Waals surface area (Å²) in [6, 6.07) is 6.33. The van der Waals surface area contributed by atoms with Crippen molar-refractivity contribution >= 4 is 11.5 Å². The summed E-state index contributed by atoms with van der Waals surface area (Å²) in [5.41, 5.74) is 3.57. The minimum Gasteiger partial charge on any atom is -0.371 e. The van der Waals surface area contributed by atoms with E-state index in [-0.39, 0.29) is 5.78 Å². The highest BCUT2D eigenvalue weighted by molar-refractivity contribution is 5.98. The average molecular weight is 301 g/mol. The molecule has 2 aliphatic rings. The van der Waals surface area contributed by atoms with Crippen molar-refractivity contribution in [3.8, 4) is 0 Å². The number of hydrogen-bond acceptors (Lipinski definition) is 4. The molecule has 0 amide bonds. The zero-order chi connectivity index (χ0) is 15.4. The van der Waals surface area contributed by atoms with Crippen LogP contribution in [0.15, 0.2) is 18.2 Å². The van der Waals surface area contributed by atoms with Crippen molar-refractivity contribution in [2.45, 2.75) is 26.2 Å². The molecule has 4 nitrogen and oxygen atoms in total. The number of rotatable bonds is 5. The van der Waals surface area contributed by atoms with E-state index < -0.39 is 0 Å². The summed E-state index contributed by atoms with van der Waals surface area (Å²) in [4.78, 5) is 17.3. The zero-order valence-electron chi connectivity index (χ0n) is 13.6. The standard InChI is InChI=1S/C18H27N3O/c1-2-9-21-10-3-4-15-5-6-16(13-17(15)21)18(22)14-20-11-7-19-8-12-20/h5-6,13,19H,2-4,7-12,14H2,1H3. The molecule has 3 rings (SSSR count). The van der Waals surface area contributed by atoms with Gasteiger partial charge in [-0.3, -0.25) is 9.69 Å². The lowest BCUT2D eigenvalue weighted by Crippen LogP contribution is -2.45. The van der Waals surface area contributed by atoms with E-state index in [1.807, 2.05) is 6.07 Å². The molecule has 0 radical (unpaired) electrons. The number of benzene rings is 1. The largest absolute Gasteiger partial charge is 0.371 e. The van der Waals surface area contributed by atoms with E-state index in [9.17, 15) is 4.79 Å². The Morgan fingerprint density at radius 3 is 2.82 bits per heavy atom. The number of aryl methyl sites for hydroxylation is 1. The number of carbonyl (C=O) groups excluding carboxylic acids is 1. The van der Waals surface area contributed by atoms with Gasteiger partial charge in [-0.25, -0.2) is 0 Å². The Hall–Kier alpha value is -1.39. The van der Waals surface area contributed by atoms with Gasteiger partial charge in [0, 0.05) is 50.5 Å². The molecule has 0 bridgehead atoms. The van der Waals surface area contributed by atoms with Crippen LogP contribution in [0, 0.1) is 0 Å². The summed E-state index contributed by atoms with van der Waals surface area (Å²) in [6.45, 7) is 8.89. The fourth-order valence-corrected chi connectivity index (χ4v) is 3.49. The third-order valence-electron chi connectivity index (χ3n) is 4.69. The maximum atomic E-state index is 12.6. The lowest BCUT2D eigenvalue weighted by atomic mass is 9.98. The van der Waals surface area contributed by atoms with Gasteiger partial charge in [0.05, 0.1) is 6.54 Å². The van der Waals surface area contributed by atoms with Crippen LogP contribution < -0.4 is 10.2 Å². The minimum atomic E-state index is 0.256. The molecule has 0 atom stereocenters. The predicted octanol–water partition coefficient (Wildman–Crippen LogP) is 1.94. The van der Waals surface area contributed by atoms with E-state index >= 15 is 0 Å². The second-order valence-electron chi connectivity index (χ2n) is 6.38. The topological polar surface area (TPSA) is 35.6 Å². The summed E-state index contributed by atoms with van der Waals surface area (Å²) in [6.07, 6.45) is 3.52. The first-order valence-corrected chi connectivity index (χ1v) is 8.62. The van der Waals surface area contributed by atoms with Gasteiger partial charge in [-0.1, -0.05) is 19.1 Å². The first-order chi connectivity index (χ1) is 10.8. The molecule has 2 heterocycles. The third kappa shape index (κ3) is 3.50. The SMILES string of the molecule is CCCN1CCCc2ccc(C(=O)CN3CCNCC3)cc21. The van der Waals surface area contributed by atoms with Gasteiger partial charge >= 0.3 is 0 Å². The van der Waals surface area contributed by atoms with Crippen molar-refractivity contribution in [3.63, 3.8) is 0 Å². The summed E-state index contributed by atoms with van der Waals surface area (Å²) in [5, 5.41) is 3.33. The number of nitrogens with zero attached hydrogens (tertiary/aromatic N) is 2. The molecule has 1 fully saturated rings. The Morgan fingerprint density at radius 2 is 2.05 bits per heavy atom. The van der Waals surface area contributed by atoms with Gasteiger partial charge in [0.2, 0.25) is 0 Å². The molecular formula is C18H27N3O. The Balaban J connectivity index is 1.73. The Kier molecular flexibility index (Phi) is 5.11.